The van der Waals surface area contributed by atoms with Gasteiger partial charge in [-0.15, -0.1) is 0 Å². The molecule has 6 bridgehead atoms. The Kier molecular flexibility index (Phi) is 8.81. The van der Waals surface area contributed by atoms with Crippen LogP contribution in [0.3, 0.4) is 0 Å². The molecule has 2 aliphatic heterocycles. The van der Waals surface area contributed by atoms with Crippen molar-refractivity contribution in [3.63, 3.8) is 0 Å². The van der Waals surface area contributed by atoms with Gasteiger partial charge in [0.15, 0.2) is 0 Å². The molecular formula is C33H41N5O6S. The molecule has 3 heterocycles. The zero-order chi connectivity index (χ0) is 32.7. The van der Waals surface area contributed by atoms with Crippen LogP contribution in [-0.2, 0) is 14.8 Å². The fraction of sp³-hybridized carbons (Fsp3) is 0.455. The van der Waals surface area contributed by atoms with Gasteiger partial charge in [-0.1, -0.05) is 38.1 Å². The van der Waals surface area contributed by atoms with Gasteiger partial charge < -0.3 is 19.3 Å². The lowest BCUT2D eigenvalue weighted by Crippen LogP contribution is -2.47. The summed E-state index contributed by atoms with van der Waals surface area (Å²) in [6.07, 6.45) is -0.617. The van der Waals surface area contributed by atoms with Crippen molar-refractivity contribution in [2.45, 2.75) is 77.5 Å². The largest absolute Gasteiger partial charge is 0.470 e. The van der Waals surface area contributed by atoms with Gasteiger partial charge in [-0.05, 0) is 76.3 Å². The van der Waals surface area contributed by atoms with Crippen molar-refractivity contribution in [2.24, 2.45) is 5.92 Å². The number of carbonyl (C=O) groups is 2. The molecule has 0 radical (unpaired) electrons. The Labute approximate surface area is 265 Å². The van der Waals surface area contributed by atoms with E-state index in [1.54, 1.807) is 21.9 Å². The summed E-state index contributed by atoms with van der Waals surface area (Å²) in [4.78, 5) is 39.9. The highest BCUT2D eigenvalue weighted by Gasteiger charge is 2.38. The number of aryl methyl sites for hydroxylation is 2. The van der Waals surface area contributed by atoms with Crippen LogP contribution in [0, 0.1) is 19.8 Å². The quantitative estimate of drug-likeness (QED) is 0.403. The highest BCUT2D eigenvalue weighted by molar-refractivity contribution is 7.92. The van der Waals surface area contributed by atoms with Gasteiger partial charge >= 0.3 is 6.09 Å². The zero-order valence-electron chi connectivity index (χ0n) is 26.8. The molecule has 11 nitrogen and oxygen atoms in total. The summed E-state index contributed by atoms with van der Waals surface area (Å²) in [5.41, 5.74) is 2.66. The molecule has 1 saturated heterocycles. The summed E-state index contributed by atoms with van der Waals surface area (Å²) in [5, 5.41) is 0. The minimum Gasteiger partial charge on any atom is -0.470 e. The fourth-order valence-electron chi connectivity index (χ4n) is 5.83. The summed E-state index contributed by atoms with van der Waals surface area (Å²) in [7, 11) is -4.17. The molecule has 2 aliphatic rings. The molecule has 0 aliphatic carbocycles. The number of sulfonamides is 1. The topological polar surface area (TPSA) is 131 Å². The molecule has 2 amide bonds. The van der Waals surface area contributed by atoms with Crippen molar-refractivity contribution in [1.82, 2.24) is 19.8 Å². The minimum atomic E-state index is -4.17. The van der Waals surface area contributed by atoms with E-state index in [-0.39, 0.29) is 59.8 Å². The average molecular weight is 636 g/mol. The molecule has 0 spiro atoms. The SMILES string of the molecule is Cc1cccc(C)c1-c1cc2nc(n1)NS(=O)(=O)c1cccc(c1)C(=O)N1C[C@H](CN(C(=O)OC(C)(C)C)C[C@@H]1CC(C)C)O2. The van der Waals surface area contributed by atoms with E-state index in [9.17, 15) is 18.0 Å². The Morgan fingerprint density at radius 1 is 1.04 bits per heavy atom. The Balaban J connectivity index is 1.69. The molecule has 0 saturated carbocycles. The Hall–Kier alpha value is -4.19. The second-order valence-corrected chi connectivity index (χ2v) is 14.9. The molecule has 45 heavy (non-hydrogen) atoms. The first-order valence-electron chi connectivity index (χ1n) is 15.1. The lowest BCUT2D eigenvalue weighted by Gasteiger charge is -2.33. The van der Waals surface area contributed by atoms with Gasteiger partial charge in [-0.3, -0.25) is 4.79 Å². The Bertz CT molecular complexity index is 1700. The smallest absolute Gasteiger partial charge is 0.410 e. The molecule has 1 N–H and O–H groups in total. The number of hydrogen-bond donors (Lipinski definition) is 1. The number of anilines is 1. The van der Waals surface area contributed by atoms with Gasteiger partial charge in [0.05, 0.1) is 29.7 Å². The van der Waals surface area contributed by atoms with Gasteiger partial charge in [0.2, 0.25) is 11.8 Å². The summed E-state index contributed by atoms with van der Waals surface area (Å²) in [6.45, 7) is 13.9. The molecule has 12 heteroatoms. The van der Waals surface area contributed by atoms with Crippen molar-refractivity contribution in [3.8, 4) is 17.1 Å². The van der Waals surface area contributed by atoms with Crippen molar-refractivity contribution in [1.29, 1.82) is 0 Å². The standard InChI is InChI=1S/C33H41N5O6S/c1-20(2)14-24-17-37(32(40)44-33(5,6)7)18-25-19-38(24)30(39)23-12-9-13-26(15-23)45(41,42)36-31-34-27(16-28(35-31)43-25)29-21(3)10-8-11-22(29)4/h8-13,15-16,20,24-25H,14,17-19H2,1-7H3,(H,34,35,36)/t24-,25-/m0/s1. The number of fused-ring (bicyclic) bond motifs is 6. The van der Waals surface area contributed by atoms with Gasteiger partial charge in [-0.25, -0.2) is 22.9 Å². The highest BCUT2D eigenvalue weighted by atomic mass is 32.2. The molecular weight excluding hydrogens is 594 g/mol. The third-order valence-corrected chi connectivity index (χ3v) is 9.02. The van der Waals surface area contributed by atoms with E-state index in [1.165, 1.54) is 18.2 Å². The molecule has 2 aromatic carbocycles. The van der Waals surface area contributed by atoms with Gasteiger partial charge in [0.25, 0.3) is 15.9 Å². The van der Waals surface area contributed by atoms with Crippen LogP contribution in [0.2, 0.25) is 0 Å². The maximum Gasteiger partial charge on any atom is 0.410 e. The number of ether oxygens (including phenoxy) is 2. The number of nitrogens with one attached hydrogen (secondary N) is 1. The minimum absolute atomic E-state index is 0.0988. The summed E-state index contributed by atoms with van der Waals surface area (Å²) in [5.74, 6) is -0.223. The number of amides is 2. The van der Waals surface area contributed by atoms with Crippen LogP contribution in [-0.4, -0.2) is 77.6 Å². The zero-order valence-corrected chi connectivity index (χ0v) is 27.6. The van der Waals surface area contributed by atoms with E-state index >= 15 is 0 Å². The summed E-state index contributed by atoms with van der Waals surface area (Å²) >= 11 is 0. The van der Waals surface area contributed by atoms with Crippen molar-refractivity contribution < 1.29 is 27.5 Å². The lowest BCUT2D eigenvalue weighted by atomic mass is 10.00. The number of carbonyl (C=O) groups excluding carboxylic acids is 2. The molecule has 1 aromatic heterocycles. The van der Waals surface area contributed by atoms with Crippen molar-refractivity contribution in [3.05, 3.63) is 65.2 Å². The second-order valence-electron chi connectivity index (χ2n) is 13.2. The first kappa shape index (κ1) is 32.2. The molecule has 3 aromatic rings. The highest BCUT2D eigenvalue weighted by Crippen LogP contribution is 2.31. The van der Waals surface area contributed by atoms with Crippen LogP contribution < -0.4 is 9.46 Å². The van der Waals surface area contributed by atoms with Crippen LogP contribution in [0.1, 0.15) is 62.5 Å². The maximum atomic E-state index is 14.2. The third-order valence-electron chi connectivity index (χ3n) is 7.70. The molecule has 5 rings (SSSR count). The molecule has 0 unspecified atom stereocenters. The van der Waals surface area contributed by atoms with Crippen molar-refractivity contribution >= 4 is 28.0 Å². The first-order chi connectivity index (χ1) is 21.1. The third kappa shape index (κ3) is 7.38. The number of hydrogen-bond acceptors (Lipinski definition) is 8. The molecule has 1 fully saturated rings. The lowest BCUT2D eigenvalue weighted by molar-refractivity contribution is 0.0182. The fourth-order valence-corrected chi connectivity index (χ4v) is 6.82. The maximum absolute atomic E-state index is 14.2. The van der Waals surface area contributed by atoms with E-state index in [1.807, 2.05) is 52.8 Å². The molecule has 240 valence electrons. The number of rotatable bonds is 3. The summed E-state index contributed by atoms with van der Waals surface area (Å²) in [6, 6.07) is 13.0. The number of benzene rings is 2. The summed E-state index contributed by atoms with van der Waals surface area (Å²) < 4.78 is 41.9. The van der Waals surface area contributed by atoms with E-state index < -0.39 is 27.8 Å². The van der Waals surface area contributed by atoms with Crippen LogP contribution >= 0.6 is 0 Å². The predicted molar refractivity (Wildman–Crippen MR) is 171 cm³/mol. The van der Waals surface area contributed by atoms with E-state index in [0.29, 0.717) is 12.1 Å². The predicted octanol–water partition coefficient (Wildman–Crippen LogP) is 5.43. The van der Waals surface area contributed by atoms with E-state index in [0.717, 1.165) is 16.7 Å². The number of nitrogens with zero attached hydrogens (tertiary/aromatic N) is 4. The monoisotopic (exact) mass is 635 g/mol. The van der Waals surface area contributed by atoms with Crippen LogP contribution in [0.25, 0.3) is 11.3 Å². The molecule has 2 atom stereocenters. The van der Waals surface area contributed by atoms with E-state index in [4.69, 9.17) is 9.47 Å². The van der Waals surface area contributed by atoms with Crippen molar-refractivity contribution in [2.75, 3.05) is 24.4 Å². The van der Waals surface area contributed by atoms with Gasteiger partial charge in [-0.2, -0.15) is 4.98 Å². The second kappa shape index (κ2) is 12.3. The average Bonchev–Trinajstić information content (AvgIpc) is 3.10. The van der Waals surface area contributed by atoms with Crippen LogP contribution in [0.4, 0.5) is 10.7 Å². The van der Waals surface area contributed by atoms with E-state index in [2.05, 4.69) is 28.5 Å². The Morgan fingerprint density at radius 3 is 2.40 bits per heavy atom. The van der Waals surface area contributed by atoms with Crippen LogP contribution in [0.15, 0.2) is 53.4 Å². The normalized spacial score (nSPS) is 19.8. The van der Waals surface area contributed by atoms with Gasteiger partial charge in [0, 0.05) is 23.7 Å². The first-order valence-corrected chi connectivity index (χ1v) is 16.6. The Morgan fingerprint density at radius 2 is 1.73 bits per heavy atom. The number of aromatic nitrogens is 2. The van der Waals surface area contributed by atoms with Crippen LogP contribution in [0.5, 0.6) is 5.88 Å². The van der Waals surface area contributed by atoms with Gasteiger partial charge in [0.1, 0.15) is 11.7 Å².